The summed E-state index contributed by atoms with van der Waals surface area (Å²) in [6, 6.07) is 0.207. The van der Waals surface area contributed by atoms with E-state index in [0.29, 0.717) is 0 Å². The standard InChI is InChI=1S/C8H16N4S/c1-3-13-6-8(11-9)7-4-10-12(2)5-7/h4-5,8,11H,3,6,9H2,1-2H3. The molecule has 1 atom stereocenters. The summed E-state index contributed by atoms with van der Waals surface area (Å²) in [5.41, 5.74) is 3.94. The molecule has 1 heterocycles. The summed E-state index contributed by atoms with van der Waals surface area (Å²) < 4.78 is 1.79. The summed E-state index contributed by atoms with van der Waals surface area (Å²) in [5.74, 6) is 7.55. The molecule has 1 aromatic heterocycles. The molecular weight excluding hydrogens is 184 g/mol. The third kappa shape index (κ3) is 3.02. The van der Waals surface area contributed by atoms with Gasteiger partial charge in [0.25, 0.3) is 0 Å². The Bertz CT molecular complexity index is 248. The van der Waals surface area contributed by atoms with Crippen LogP contribution >= 0.6 is 11.8 Å². The SMILES string of the molecule is CCSCC(NN)c1cnn(C)c1. The second-order valence-electron chi connectivity index (χ2n) is 2.83. The largest absolute Gasteiger partial charge is 0.275 e. The van der Waals surface area contributed by atoms with Gasteiger partial charge in [-0.25, -0.2) is 0 Å². The van der Waals surface area contributed by atoms with E-state index in [1.807, 2.05) is 31.2 Å². The van der Waals surface area contributed by atoms with Crippen molar-refractivity contribution in [2.45, 2.75) is 13.0 Å². The Morgan fingerprint density at radius 1 is 1.77 bits per heavy atom. The third-order valence-corrected chi connectivity index (χ3v) is 2.79. The summed E-state index contributed by atoms with van der Waals surface area (Å²) in [7, 11) is 1.91. The van der Waals surface area contributed by atoms with Crippen LogP contribution in [0.15, 0.2) is 12.4 Å². The van der Waals surface area contributed by atoms with E-state index < -0.39 is 0 Å². The molecule has 0 fully saturated rings. The normalized spacial score (nSPS) is 13.2. The maximum absolute atomic E-state index is 5.45. The zero-order valence-electron chi connectivity index (χ0n) is 8.03. The highest BCUT2D eigenvalue weighted by Gasteiger charge is 2.10. The number of hydrogen-bond acceptors (Lipinski definition) is 4. The van der Waals surface area contributed by atoms with Crippen LogP contribution in [0.4, 0.5) is 0 Å². The molecule has 0 amide bonds. The predicted molar refractivity (Wildman–Crippen MR) is 56.3 cm³/mol. The number of aryl methyl sites for hydroxylation is 1. The average Bonchev–Trinajstić information content (AvgIpc) is 2.54. The highest BCUT2D eigenvalue weighted by Crippen LogP contribution is 2.16. The average molecular weight is 200 g/mol. The van der Waals surface area contributed by atoms with E-state index in [-0.39, 0.29) is 6.04 Å². The van der Waals surface area contributed by atoms with Crippen molar-refractivity contribution in [3.8, 4) is 0 Å². The molecule has 0 aliphatic heterocycles. The lowest BCUT2D eigenvalue weighted by molar-refractivity contribution is 0.610. The van der Waals surface area contributed by atoms with Gasteiger partial charge in [0.05, 0.1) is 12.2 Å². The number of nitrogens with two attached hydrogens (primary N) is 1. The van der Waals surface area contributed by atoms with Crippen molar-refractivity contribution in [1.82, 2.24) is 15.2 Å². The van der Waals surface area contributed by atoms with Crippen molar-refractivity contribution in [1.29, 1.82) is 0 Å². The van der Waals surface area contributed by atoms with E-state index in [0.717, 1.165) is 17.1 Å². The van der Waals surface area contributed by atoms with Gasteiger partial charge in [-0.05, 0) is 5.75 Å². The van der Waals surface area contributed by atoms with E-state index >= 15 is 0 Å². The Balaban J connectivity index is 2.56. The number of nitrogens with one attached hydrogen (secondary N) is 1. The smallest absolute Gasteiger partial charge is 0.0581 e. The van der Waals surface area contributed by atoms with Crippen LogP contribution in [0.2, 0.25) is 0 Å². The van der Waals surface area contributed by atoms with Gasteiger partial charge in [0, 0.05) is 24.6 Å². The molecule has 1 aromatic rings. The van der Waals surface area contributed by atoms with Crippen LogP contribution in [0.25, 0.3) is 0 Å². The molecule has 0 spiro atoms. The van der Waals surface area contributed by atoms with Gasteiger partial charge in [0.2, 0.25) is 0 Å². The Kier molecular flexibility index (Phi) is 4.27. The van der Waals surface area contributed by atoms with E-state index in [9.17, 15) is 0 Å². The zero-order valence-corrected chi connectivity index (χ0v) is 8.84. The van der Waals surface area contributed by atoms with E-state index in [2.05, 4.69) is 17.4 Å². The lowest BCUT2D eigenvalue weighted by Gasteiger charge is -2.12. The number of aromatic nitrogens is 2. The molecule has 0 bridgehead atoms. The minimum Gasteiger partial charge on any atom is -0.275 e. The molecule has 1 unspecified atom stereocenters. The molecule has 0 saturated heterocycles. The highest BCUT2D eigenvalue weighted by atomic mass is 32.2. The van der Waals surface area contributed by atoms with Gasteiger partial charge in [0.1, 0.15) is 0 Å². The quantitative estimate of drug-likeness (QED) is 0.542. The first-order valence-electron chi connectivity index (χ1n) is 4.30. The van der Waals surface area contributed by atoms with Gasteiger partial charge in [-0.15, -0.1) is 0 Å². The van der Waals surface area contributed by atoms with Gasteiger partial charge < -0.3 is 0 Å². The van der Waals surface area contributed by atoms with Crippen molar-refractivity contribution in [3.05, 3.63) is 18.0 Å². The maximum Gasteiger partial charge on any atom is 0.0581 e. The lowest BCUT2D eigenvalue weighted by atomic mass is 10.2. The molecule has 0 aromatic carbocycles. The molecular formula is C8H16N4S. The Morgan fingerprint density at radius 3 is 3.00 bits per heavy atom. The summed E-state index contributed by atoms with van der Waals surface area (Å²) in [6.07, 6.45) is 3.83. The monoisotopic (exact) mass is 200 g/mol. The summed E-state index contributed by atoms with van der Waals surface area (Å²) in [4.78, 5) is 0. The van der Waals surface area contributed by atoms with Crippen LogP contribution in [0.5, 0.6) is 0 Å². The number of thioether (sulfide) groups is 1. The number of rotatable bonds is 5. The molecule has 4 nitrogen and oxygen atoms in total. The minimum absolute atomic E-state index is 0.207. The van der Waals surface area contributed by atoms with Crippen molar-refractivity contribution >= 4 is 11.8 Å². The molecule has 74 valence electrons. The van der Waals surface area contributed by atoms with Crippen LogP contribution in [-0.2, 0) is 7.05 Å². The van der Waals surface area contributed by atoms with Crippen molar-refractivity contribution < 1.29 is 0 Å². The van der Waals surface area contributed by atoms with Gasteiger partial charge in [-0.3, -0.25) is 16.0 Å². The fraction of sp³-hybridized carbons (Fsp3) is 0.625. The van der Waals surface area contributed by atoms with Crippen LogP contribution in [-0.4, -0.2) is 21.3 Å². The van der Waals surface area contributed by atoms with Gasteiger partial charge in [0.15, 0.2) is 0 Å². The third-order valence-electron chi connectivity index (χ3n) is 1.82. The Hall–Kier alpha value is -0.520. The van der Waals surface area contributed by atoms with E-state index in [1.165, 1.54) is 0 Å². The second kappa shape index (κ2) is 5.26. The molecule has 0 radical (unpaired) electrons. The lowest BCUT2D eigenvalue weighted by Crippen LogP contribution is -2.29. The summed E-state index contributed by atoms with van der Waals surface area (Å²) in [5, 5.41) is 4.11. The van der Waals surface area contributed by atoms with Gasteiger partial charge in [-0.1, -0.05) is 6.92 Å². The zero-order chi connectivity index (χ0) is 9.68. The number of hydrazine groups is 1. The van der Waals surface area contributed by atoms with Crippen molar-refractivity contribution in [2.24, 2.45) is 12.9 Å². The second-order valence-corrected chi connectivity index (χ2v) is 4.14. The Morgan fingerprint density at radius 2 is 2.54 bits per heavy atom. The first kappa shape index (κ1) is 10.6. The Labute approximate surface area is 82.8 Å². The first-order chi connectivity index (χ1) is 6.27. The predicted octanol–water partition coefficient (Wildman–Crippen LogP) is 0.678. The molecule has 5 heteroatoms. The molecule has 0 saturated carbocycles. The summed E-state index contributed by atoms with van der Waals surface area (Å²) >= 11 is 1.87. The van der Waals surface area contributed by atoms with Crippen LogP contribution in [0.3, 0.4) is 0 Å². The van der Waals surface area contributed by atoms with Crippen LogP contribution in [0.1, 0.15) is 18.5 Å². The molecule has 13 heavy (non-hydrogen) atoms. The van der Waals surface area contributed by atoms with E-state index in [4.69, 9.17) is 5.84 Å². The number of nitrogens with zero attached hydrogens (tertiary/aromatic N) is 2. The van der Waals surface area contributed by atoms with Crippen molar-refractivity contribution in [2.75, 3.05) is 11.5 Å². The summed E-state index contributed by atoms with van der Waals surface area (Å²) in [6.45, 7) is 2.14. The number of hydrogen-bond donors (Lipinski definition) is 2. The van der Waals surface area contributed by atoms with Gasteiger partial charge in [-0.2, -0.15) is 16.9 Å². The molecule has 0 aliphatic carbocycles. The molecule has 3 N–H and O–H groups in total. The van der Waals surface area contributed by atoms with Crippen LogP contribution < -0.4 is 11.3 Å². The fourth-order valence-electron chi connectivity index (χ4n) is 1.10. The van der Waals surface area contributed by atoms with E-state index in [1.54, 1.807) is 4.68 Å². The maximum atomic E-state index is 5.45. The fourth-order valence-corrected chi connectivity index (χ4v) is 1.86. The van der Waals surface area contributed by atoms with Crippen LogP contribution in [0, 0.1) is 0 Å². The topological polar surface area (TPSA) is 55.9 Å². The highest BCUT2D eigenvalue weighted by molar-refractivity contribution is 7.99. The van der Waals surface area contributed by atoms with Gasteiger partial charge >= 0.3 is 0 Å². The molecule has 1 rings (SSSR count). The minimum atomic E-state index is 0.207. The molecule has 0 aliphatic rings. The van der Waals surface area contributed by atoms with Crippen molar-refractivity contribution in [3.63, 3.8) is 0 Å². The first-order valence-corrected chi connectivity index (χ1v) is 5.45.